The zero-order chi connectivity index (χ0) is 22.6. The van der Waals surface area contributed by atoms with Crippen LogP contribution in [0, 0.1) is 12.8 Å². The van der Waals surface area contributed by atoms with E-state index < -0.39 is 12.1 Å². The molecule has 0 spiro atoms. The summed E-state index contributed by atoms with van der Waals surface area (Å²) in [5, 5.41) is 13.4. The van der Waals surface area contributed by atoms with Crippen LogP contribution in [-0.4, -0.2) is 49.1 Å². The van der Waals surface area contributed by atoms with Gasteiger partial charge in [0.15, 0.2) is 0 Å². The molecule has 0 saturated heterocycles. The van der Waals surface area contributed by atoms with Crippen LogP contribution in [0.3, 0.4) is 0 Å². The summed E-state index contributed by atoms with van der Waals surface area (Å²) in [6.45, 7) is 6.25. The Hall–Kier alpha value is -2.47. The van der Waals surface area contributed by atoms with Crippen molar-refractivity contribution in [2.45, 2.75) is 58.5 Å². The third kappa shape index (κ3) is 7.31. The molecule has 0 bridgehead atoms. The number of carbonyl (C=O) groups is 2. The van der Waals surface area contributed by atoms with Crippen LogP contribution < -0.4 is 5.32 Å². The first-order chi connectivity index (χ1) is 14.6. The number of carboxylic acids is 1. The Bertz CT molecular complexity index is 923. The smallest absolute Gasteiger partial charge is 0.475 e. The molecule has 8 nitrogen and oxygen atoms in total. The number of nitrogens with zero attached hydrogens (tertiary/aromatic N) is 4. The summed E-state index contributed by atoms with van der Waals surface area (Å²) in [6, 6.07) is 0. The molecular formula is C19H24F3N5O3S. The van der Waals surface area contributed by atoms with Crippen molar-refractivity contribution in [2.75, 3.05) is 6.54 Å². The number of nitrogens with one attached hydrogen (secondary N) is 1. The molecule has 2 aliphatic rings. The number of carbonyl (C=O) groups excluding carboxylic acids is 1. The van der Waals surface area contributed by atoms with Crippen LogP contribution >= 0.6 is 11.3 Å². The summed E-state index contributed by atoms with van der Waals surface area (Å²) in [4.78, 5) is 32.3. The summed E-state index contributed by atoms with van der Waals surface area (Å²) >= 11 is 1.70. The molecule has 0 unspecified atom stereocenters. The Morgan fingerprint density at radius 3 is 2.55 bits per heavy atom. The number of imidazole rings is 1. The van der Waals surface area contributed by atoms with Gasteiger partial charge in [-0.3, -0.25) is 9.69 Å². The zero-order valence-electron chi connectivity index (χ0n) is 17.0. The molecule has 12 heteroatoms. The van der Waals surface area contributed by atoms with Gasteiger partial charge in [-0.2, -0.15) is 13.2 Å². The predicted molar refractivity (Wildman–Crippen MR) is 106 cm³/mol. The van der Waals surface area contributed by atoms with Crippen LogP contribution in [0.25, 0.3) is 0 Å². The quantitative estimate of drug-likeness (QED) is 0.689. The average molecular weight is 459 g/mol. The molecule has 1 amide bonds. The minimum atomic E-state index is -5.08. The Kier molecular flexibility index (Phi) is 7.31. The van der Waals surface area contributed by atoms with Crippen LogP contribution in [-0.2, 0) is 35.8 Å². The maximum Gasteiger partial charge on any atom is 0.490 e. The van der Waals surface area contributed by atoms with Crippen LogP contribution in [0.2, 0.25) is 0 Å². The molecule has 31 heavy (non-hydrogen) atoms. The average Bonchev–Trinajstić information content (AvgIpc) is 3.25. The topological polar surface area (TPSA) is 100 Å². The standard InChI is InChI=1S/C17H23N5OS.C2HF3O2/c1-12-19-15(11-24-12)8-21-4-5-22-9-14(20-16(22)10-21)7-18-17(23)6-13-2-3-13;3-2(4,5)1(6)7/h9,11,13H,2-8,10H2,1H3,(H,18,23);(H,6,7). The molecule has 3 heterocycles. The molecule has 0 radical (unpaired) electrons. The van der Waals surface area contributed by atoms with E-state index in [9.17, 15) is 18.0 Å². The Labute approximate surface area is 181 Å². The molecular weight excluding hydrogens is 435 g/mol. The van der Waals surface area contributed by atoms with E-state index in [0.29, 0.717) is 18.9 Å². The predicted octanol–water partition coefficient (Wildman–Crippen LogP) is 2.71. The number of fused-ring (bicyclic) bond motifs is 1. The number of aryl methyl sites for hydroxylation is 1. The highest BCUT2D eigenvalue weighted by molar-refractivity contribution is 7.09. The summed E-state index contributed by atoms with van der Waals surface area (Å²) in [5.41, 5.74) is 2.10. The van der Waals surface area contributed by atoms with Gasteiger partial charge >= 0.3 is 12.1 Å². The minimum absolute atomic E-state index is 0.156. The second-order valence-corrected chi connectivity index (χ2v) is 8.70. The maximum atomic E-state index is 11.8. The van der Waals surface area contributed by atoms with Gasteiger partial charge in [-0.15, -0.1) is 11.3 Å². The number of alkyl halides is 3. The lowest BCUT2D eigenvalue weighted by molar-refractivity contribution is -0.192. The first-order valence-corrected chi connectivity index (χ1v) is 10.7. The highest BCUT2D eigenvalue weighted by Crippen LogP contribution is 2.32. The molecule has 1 saturated carbocycles. The molecule has 4 rings (SSSR count). The summed E-state index contributed by atoms with van der Waals surface area (Å²) in [6.07, 6.45) is 0.0898. The zero-order valence-corrected chi connectivity index (χ0v) is 17.8. The van der Waals surface area contributed by atoms with E-state index in [4.69, 9.17) is 14.9 Å². The molecule has 2 aromatic heterocycles. The van der Waals surface area contributed by atoms with Gasteiger partial charge in [0.25, 0.3) is 0 Å². The number of halogens is 3. The lowest BCUT2D eigenvalue weighted by atomic mass is 10.3. The Balaban J connectivity index is 0.000000339. The van der Waals surface area contributed by atoms with Crippen LogP contribution in [0.15, 0.2) is 11.6 Å². The number of rotatable bonds is 6. The number of aliphatic carboxylic acids is 1. The molecule has 0 atom stereocenters. The second-order valence-electron chi connectivity index (χ2n) is 7.64. The number of carboxylic acid groups (broad SMARTS) is 1. The molecule has 2 aromatic rings. The van der Waals surface area contributed by atoms with Crippen LogP contribution in [0.5, 0.6) is 0 Å². The van der Waals surface area contributed by atoms with E-state index in [0.717, 1.165) is 48.4 Å². The fourth-order valence-electron chi connectivity index (χ4n) is 3.14. The second kappa shape index (κ2) is 9.77. The summed E-state index contributed by atoms with van der Waals surface area (Å²) < 4.78 is 33.9. The number of thiazole rings is 1. The van der Waals surface area contributed by atoms with Crippen molar-refractivity contribution in [3.05, 3.63) is 33.8 Å². The monoisotopic (exact) mass is 459 g/mol. The van der Waals surface area contributed by atoms with Crippen molar-refractivity contribution in [3.8, 4) is 0 Å². The Morgan fingerprint density at radius 2 is 1.97 bits per heavy atom. The fraction of sp³-hybridized carbons (Fsp3) is 0.579. The summed E-state index contributed by atoms with van der Waals surface area (Å²) in [5.74, 6) is -0.890. The van der Waals surface area contributed by atoms with E-state index in [1.165, 1.54) is 12.8 Å². The van der Waals surface area contributed by atoms with E-state index in [1.807, 2.05) is 6.92 Å². The van der Waals surface area contributed by atoms with E-state index in [-0.39, 0.29) is 5.91 Å². The molecule has 0 aromatic carbocycles. The van der Waals surface area contributed by atoms with Gasteiger partial charge in [0.2, 0.25) is 5.91 Å². The number of amides is 1. The normalized spacial score (nSPS) is 16.3. The highest BCUT2D eigenvalue weighted by Gasteiger charge is 2.38. The number of aromatic nitrogens is 3. The fourth-order valence-corrected chi connectivity index (χ4v) is 3.74. The van der Waals surface area contributed by atoms with Gasteiger partial charge in [-0.05, 0) is 25.7 Å². The maximum absolute atomic E-state index is 11.8. The minimum Gasteiger partial charge on any atom is -0.475 e. The van der Waals surface area contributed by atoms with Crippen LogP contribution in [0.4, 0.5) is 13.2 Å². The van der Waals surface area contributed by atoms with Gasteiger partial charge in [0, 0.05) is 37.6 Å². The molecule has 170 valence electrons. The first kappa shape index (κ1) is 23.2. The van der Waals surface area contributed by atoms with E-state index in [2.05, 4.69) is 31.3 Å². The van der Waals surface area contributed by atoms with Gasteiger partial charge < -0.3 is 15.0 Å². The van der Waals surface area contributed by atoms with Gasteiger partial charge in [-0.25, -0.2) is 14.8 Å². The van der Waals surface area contributed by atoms with Gasteiger partial charge in [-0.1, -0.05) is 0 Å². The lowest BCUT2D eigenvalue weighted by Gasteiger charge is -2.26. The van der Waals surface area contributed by atoms with Gasteiger partial charge in [0.05, 0.1) is 29.5 Å². The van der Waals surface area contributed by atoms with Crippen molar-refractivity contribution in [3.63, 3.8) is 0 Å². The number of hydrogen-bond acceptors (Lipinski definition) is 6. The third-order valence-electron chi connectivity index (χ3n) is 4.86. The van der Waals surface area contributed by atoms with Crippen molar-refractivity contribution >= 4 is 23.2 Å². The van der Waals surface area contributed by atoms with E-state index in [1.54, 1.807) is 11.3 Å². The largest absolute Gasteiger partial charge is 0.490 e. The van der Waals surface area contributed by atoms with Crippen molar-refractivity contribution in [1.29, 1.82) is 0 Å². The molecule has 1 fully saturated rings. The van der Waals surface area contributed by atoms with Gasteiger partial charge in [0.1, 0.15) is 5.82 Å². The summed E-state index contributed by atoms with van der Waals surface area (Å²) in [7, 11) is 0. The molecule has 2 N–H and O–H groups in total. The van der Waals surface area contributed by atoms with Crippen molar-refractivity contribution in [2.24, 2.45) is 5.92 Å². The Morgan fingerprint density at radius 1 is 1.26 bits per heavy atom. The SMILES string of the molecule is Cc1nc(CN2CCn3cc(CNC(=O)CC4CC4)nc3C2)cs1.O=C(O)C(F)(F)F. The van der Waals surface area contributed by atoms with Crippen LogP contribution in [0.1, 0.15) is 41.5 Å². The molecule has 1 aliphatic carbocycles. The number of hydrogen-bond donors (Lipinski definition) is 2. The van der Waals surface area contributed by atoms with Crippen molar-refractivity contribution < 1.29 is 27.9 Å². The lowest BCUT2D eigenvalue weighted by Crippen LogP contribution is -2.33. The third-order valence-corrected chi connectivity index (χ3v) is 5.69. The molecule has 1 aliphatic heterocycles. The highest BCUT2D eigenvalue weighted by atomic mass is 32.1. The van der Waals surface area contributed by atoms with Crippen molar-refractivity contribution in [1.82, 2.24) is 24.8 Å². The first-order valence-electron chi connectivity index (χ1n) is 9.85. The van der Waals surface area contributed by atoms with E-state index >= 15 is 0 Å².